The van der Waals surface area contributed by atoms with E-state index in [0.717, 1.165) is 19.5 Å². The fourth-order valence-electron chi connectivity index (χ4n) is 1.23. The molecule has 0 atom stereocenters. The lowest BCUT2D eigenvalue weighted by Gasteiger charge is -2.02. The number of nitrogens with two attached hydrogens (primary N) is 1. The minimum atomic E-state index is 0.254. The zero-order valence-corrected chi connectivity index (χ0v) is 8.85. The third-order valence-corrected chi connectivity index (χ3v) is 2.04. The van der Waals surface area contributed by atoms with E-state index in [9.17, 15) is 0 Å². The number of hydrogen-bond donors (Lipinski definition) is 3. The van der Waals surface area contributed by atoms with Gasteiger partial charge in [-0.15, -0.1) is 0 Å². The van der Waals surface area contributed by atoms with Gasteiger partial charge in [0.25, 0.3) is 0 Å². The number of nitrogens with zero attached hydrogens (tertiary/aromatic N) is 3. The van der Waals surface area contributed by atoms with Crippen molar-refractivity contribution in [3.63, 3.8) is 0 Å². The molecule has 1 aromatic heterocycles. The van der Waals surface area contributed by atoms with Crippen LogP contribution in [0.25, 0.3) is 0 Å². The first-order chi connectivity index (χ1) is 7.22. The third-order valence-electron chi connectivity index (χ3n) is 2.04. The van der Waals surface area contributed by atoms with Gasteiger partial charge in [0.05, 0.1) is 6.20 Å². The molecule has 0 unspecified atom stereocenters. The van der Waals surface area contributed by atoms with Crippen LogP contribution >= 0.6 is 0 Å². The lowest BCUT2D eigenvalue weighted by molar-refractivity contribution is 0.316. The van der Waals surface area contributed by atoms with Gasteiger partial charge in [0, 0.05) is 26.2 Å². The van der Waals surface area contributed by atoms with Crippen molar-refractivity contribution in [3.05, 3.63) is 18.0 Å². The summed E-state index contributed by atoms with van der Waals surface area (Å²) < 4.78 is 1.78. The monoisotopic (exact) mass is 211 g/mol. The van der Waals surface area contributed by atoms with Gasteiger partial charge in [-0.25, -0.2) is 0 Å². The second-order valence-electron chi connectivity index (χ2n) is 3.36. The quantitative estimate of drug-likeness (QED) is 0.198. The van der Waals surface area contributed by atoms with Gasteiger partial charge >= 0.3 is 0 Å². The minimum absolute atomic E-state index is 0.254. The lowest BCUT2D eigenvalue weighted by atomic mass is 10.2. The highest BCUT2D eigenvalue weighted by Crippen LogP contribution is 1.95. The zero-order chi connectivity index (χ0) is 11.1. The molecule has 0 aliphatic rings. The second kappa shape index (κ2) is 6.02. The summed E-state index contributed by atoms with van der Waals surface area (Å²) >= 11 is 0. The predicted octanol–water partition coefficient (Wildman–Crippen LogP) is -0.311. The molecule has 0 aromatic carbocycles. The van der Waals surface area contributed by atoms with Crippen LogP contribution in [-0.2, 0) is 13.5 Å². The van der Waals surface area contributed by atoms with Crippen molar-refractivity contribution in [2.75, 3.05) is 13.1 Å². The van der Waals surface area contributed by atoms with E-state index in [1.165, 1.54) is 5.56 Å². The molecule has 0 radical (unpaired) electrons. The van der Waals surface area contributed by atoms with E-state index in [1.807, 2.05) is 19.4 Å². The van der Waals surface area contributed by atoms with Crippen molar-refractivity contribution in [3.8, 4) is 0 Å². The van der Waals surface area contributed by atoms with E-state index >= 15 is 0 Å². The maximum Gasteiger partial charge on any atom is 0.140 e. The first-order valence-corrected chi connectivity index (χ1v) is 4.87. The molecule has 15 heavy (non-hydrogen) atoms. The van der Waals surface area contributed by atoms with Crippen molar-refractivity contribution >= 4 is 5.84 Å². The van der Waals surface area contributed by atoms with Crippen molar-refractivity contribution < 1.29 is 5.21 Å². The Balaban J connectivity index is 2.07. The van der Waals surface area contributed by atoms with Gasteiger partial charge in [-0.2, -0.15) is 5.10 Å². The Hall–Kier alpha value is -1.56. The first kappa shape index (κ1) is 11.5. The third kappa shape index (κ3) is 4.46. The Labute approximate surface area is 88.8 Å². The average Bonchev–Trinajstić information content (AvgIpc) is 2.63. The van der Waals surface area contributed by atoms with Crippen LogP contribution in [0.4, 0.5) is 0 Å². The van der Waals surface area contributed by atoms with Gasteiger partial charge < -0.3 is 16.3 Å². The minimum Gasteiger partial charge on any atom is -0.409 e. The number of aromatic nitrogens is 2. The molecule has 0 spiro atoms. The van der Waals surface area contributed by atoms with E-state index in [2.05, 4.69) is 15.6 Å². The molecule has 1 aromatic rings. The van der Waals surface area contributed by atoms with Crippen LogP contribution in [0, 0.1) is 0 Å². The maximum absolute atomic E-state index is 8.30. The van der Waals surface area contributed by atoms with Crippen molar-refractivity contribution in [1.29, 1.82) is 0 Å². The highest BCUT2D eigenvalue weighted by molar-refractivity contribution is 5.79. The summed E-state index contributed by atoms with van der Waals surface area (Å²) in [5.41, 5.74) is 6.52. The molecule has 1 heterocycles. The van der Waals surface area contributed by atoms with Crippen LogP contribution in [0.15, 0.2) is 17.5 Å². The van der Waals surface area contributed by atoms with E-state index in [4.69, 9.17) is 10.9 Å². The Morgan fingerprint density at radius 3 is 3.07 bits per heavy atom. The Kier molecular flexibility index (Phi) is 4.62. The summed E-state index contributed by atoms with van der Waals surface area (Å²) in [6.07, 6.45) is 5.34. The second-order valence-corrected chi connectivity index (χ2v) is 3.36. The molecule has 0 aliphatic heterocycles. The summed E-state index contributed by atoms with van der Waals surface area (Å²) in [6, 6.07) is 0. The van der Waals surface area contributed by atoms with Crippen molar-refractivity contribution in [2.45, 2.75) is 12.8 Å². The summed E-state index contributed by atoms with van der Waals surface area (Å²) in [4.78, 5) is 0. The largest absolute Gasteiger partial charge is 0.409 e. The highest BCUT2D eigenvalue weighted by Gasteiger charge is 1.96. The van der Waals surface area contributed by atoms with Gasteiger partial charge in [0.15, 0.2) is 0 Å². The standard InChI is InChI=1S/C9H17N5O/c1-14-7-8(6-12-14)2-4-11-5-3-9(10)13-15/h6-7,11,15H,2-5H2,1H3,(H2,10,13). The van der Waals surface area contributed by atoms with E-state index in [0.29, 0.717) is 6.42 Å². The Morgan fingerprint density at radius 2 is 2.47 bits per heavy atom. The molecule has 0 saturated carbocycles. The van der Waals surface area contributed by atoms with Crippen LogP contribution in [0.5, 0.6) is 0 Å². The SMILES string of the molecule is Cn1cc(CCNCC/C(N)=N/O)cn1. The molecule has 6 heteroatoms. The molecule has 1 rings (SSSR count). The molecule has 84 valence electrons. The van der Waals surface area contributed by atoms with Gasteiger partial charge in [0.2, 0.25) is 0 Å². The molecule has 0 fully saturated rings. The number of nitrogens with one attached hydrogen (secondary N) is 1. The Morgan fingerprint density at radius 1 is 1.67 bits per heavy atom. The molecule has 4 N–H and O–H groups in total. The van der Waals surface area contributed by atoms with E-state index in [-0.39, 0.29) is 5.84 Å². The summed E-state index contributed by atoms with van der Waals surface area (Å²) in [6.45, 7) is 1.58. The predicted molar refractivity (Wildman–Crippen MR) is 57.8 cm³/mol. The zero-order valence-electron chi connectivity index (χ0n) is 8.85. The lowest BCUT2D eigenvalue weighted by Crippen LogP contribution is -2.23. The average molecular weight is 211 g/mol. The molecular formula is C9H17N5O. The first-order valence-electron chi connectivity index (χ1n) is 4.87. The van der Waals surface area contributed by atoms with Crippen LogP contribution < -0.4 is 11.1 Å². The fourth-order valence-corrected chi connectivity index (χ4v) is 1.23. The summed E-state index contributed by atoms with van der Waals surface area (Å²) in [5, 5.41) is 18.5. The molecule has 0 saturated heterocycles. The summed E-state index contributed by atoms with van der Waals surface area (Å²) in [5.74, 6) is 0.254. The number of hydrogen-bond acceptors (Lipinski definition) is 4. The number of rotatable bonds is 6. The normalized spacial score (nSPS) is 11.9. The fraction of sp³-hybridized carbons (Fsp3) is 0.556. The summed E-state index contributed by atoms with van der Waals surface area (Å²) in [7, 11) is 1.90. The van der Waals surface area contributed by atoms with Gasteiger partial charge in [0.1, 0.15) is 5.84 Å². The number of amidine groups is 1. The van der Waals surface area contributed by atoms with Gasteiger partial charge in [-0.05, 0) is 18.5 Å². The maximum atomic E-state index is 8.30. The number of oxime groups is 1. The molecule has 0 aliphatic carbocycles. The van der Waals surface area contributed by atoms with Crippen LogP contribution in [-0.4, -0.2) is 33.9 Å². The highest BCUT2D eigenvalue weighted by atomic mass is 16.4. The van der Waals surface area contributed by atoms with Crippen molar-refractivity contribution in [1.82, 2.24) is 15.1 Å². The van der Waals surface area contributed by atoms with Gasteiger partial charge in [-0.1, -0.05) is 5.16 Å². The van der Waals surface area contributed by atoms with E-state index < -0.39 is 0 Å². The Bertz CT molecular complexity index is 320. The molecular weight excluding hydrogens is 194 g/mol. The van der Waals surface area contributed by atoms with E-state index in [1.54, 1.807) is 4.68 Å². The van der Waals surface area contributed by atoms with Crippen LogP contribution in [0.2, 0.25) is 0 Å². The van der Waals surface area contributed by atoms with Crippen LogP contribution in [0.3, 0.4) is 0 Å². The molecule has 0 bridgehead atoms. The number of aryl methyl sites for hydroxylation is 1. The smallest absolute Gasteiger partial charge is 0.140 e. The topological polar surface area (TPSA) is 88.5 Å². The van der Waals surface area contributed by atoms with Crippen LogP contribution in [0.1, 0.15) is 12.0 Å². The van der Waals surface area contributed by atoms with Crippen molar-refractivity contribution in [2.24, 2.45) is 17.9 Å². The molecule has 0 amide bonds. The van der Waals surface area contributed by atoms with Gasteiger partial charge in [-0.3, -0.25) is 4.68 Å². The molecule has 6 nitrogen and oxygen atoms in total.